The number of nitrogens with zero attached hydrogens (tertiary/aromatic N) is 1. The molecule has 0 saturated carbocycles. The molecular weight excluding hydrogens is 438 g/mol. The van der Waals surface area contributed by atoms with Gasteiger partial charge in [0.1, 0.15) is 5.56 Å². The molecule has 2 aromatic carbocycles. The molecule has 1 aromatic heterocycles. The van der Waals surface area contributed by atoms with Crippen molar-refractivity contribution < 1.29 is 33.1 Å². The second-order valence-electron chi connectivity index (χ2n) is 6.71. The van der Waals surface area contributed by atoms with Gasteiger partial charge in [0.2, 0.25) is 0 Å². The number of imide groups is 1. The topological polar surface area (TPSA) is 103 Å². The zero-order valence-corrected chi connectivity index (χ0v) is 17.5. The van der Waals surface area contributed by atoms with Crippen molar-refractivity contribution in [2.75, 3.05) is 11.5 Å². The van der Waals surface area contributed by atoms with Crippen LogP contribution in [-0.4, -0.2) is 30.4 Å². The number of ether oxygens (including phenoxy) is 2. The van der Waals surface area contributed by atoms with Gasteiger partial charge in [0.25, 0.3) is 11.8 Å². The summed E-state index contributed by atoms with van der Waals surface area (Å²) in [6.45, 7) is 1.55. The molecule has 0 aliphatic carbocycles. The summed E-state index contributed by atoms with van der Waals surface area (Å²) < 4.78 is 15.3. The Labute approximate surface area is 187 Å². The minimum atomic E-state index is -0.754. The molecule has 8 nitrogen and oxygen atoms in total. The van der Waals surface area contributed by atoms with Gasteiger partial charge >= 0.3 is 11.9 Å². The number of fused-ring (bicyclic) bond motifs is 1. The third kappa shape index (κ3) is 3.76. The van der Waals surface area contributed by atoms with Crippen LogP contribution in [0.25, 0.3) is 0 Å². The molecular formula is C23H16ClNO7. The highest BCUT2D eigenvalue weighted by atomic mass is 35.5. The number of carbonyl (C=O) groups excluding carboxylic acids is 4. The van der Waals surface area contributed by atoms with E-state index in [0.717, 1.165) is 4.90 Å². The summed E-state index contributed by atoms with van der Waals surface area (Å²) in [5.41, 5.74) is 0.699. The van der Waals surface area contributed by atoms with Gasteiger partial charge in [0.15, 0.2) is 12.4 Å². The number of amides is 2. The van der Waals surface area contributed by atoms with Crippen LogP contribution in [-0.2, 0) is 16.1 Å². The number of esters is 2. The van der Waals surface area contributed by atoms with Crippen LogP contribution in [0.3, 0.4) is 0 Å². The Morgan fingerprint density at radius 2 is 1.72 bits per heavy atom. The fourth-order valence-electron chi connectivity index (χ4n) is 3.28. The lowest BCUT2D eigenvalue weighted by atomic mass is 10.1. The van der Waals surface area contributed by atoms with Crippen molar-refractivity contribution in [1.82, 2.24) is 0 Å². The zero-order chi connectivity index (χ0) is 22.8. The van der Waals surface area contributed by atoms with Crippen LogP contribution < -0.4 is 4.90 Å². The average molecular weight is 454 g/mol. The molecule has 0 radical (unpaired) electrons. The van der Waals surface area contributed by atoms with E-state index in [-0.39, 0.29) is 51.9 Å². The van der Waals surface area contributed by atoms with E-state index in [1.807, 2.05) is 0 Å². The van der Waals surface area contributed by atoms with E-state index in [1.165, 1.54) is 30.5 Å². The number of rotatable bonds is 6. The highest BCUT2D eigenvalue weighted by Gasteiger charge is 2.38. The van der Waals surface area contributed by atoms with E-state index in [9.17, 15) is 19.2 Å². The number of halogens is 1. The molecule has 0 unspecified atom stereocenters. The Morgan fingerprint density at radius 1 is 0.969 bits per heavy atom. The lowest BCUT2D eigenvalue weighted by Crippen LogP contribution is -2.29. The van der Waals surface area contributed by atoms with Crippen LogP contribution in [0.5, 0.6) is 0 Å². The number of benzene rings is 2. The highest BCUT2D eigenvalue weighted by Crippen LogP contribution is 2.33. The van der Waals surface area contributed by atoms with Crippen molar-refractivity contribution in [2.45, 2.75) is 13.5 Å². The van der Waals surface area contributed by atoms with Crippen LogP contribution in [0.2, 0.25) is 5.02 Å². The molecule has 162 valence electrons. The van der Waals surface area contributed by atoms with Gasteiger partial charge in [0, 0.05) is 0 Å². The third-order valence-electron chi connectivity index (χ3n) is 4.79. The van der Waals surface area contributed by atoms with Gasteiger partial charge in [-0.05, 0) is 43.3 Å². The standard InChI is InChI=1S/C23H16ClNO7/c1-2-30-23(29)15-9-10-31-19(15)12-32-22(28)13-7-8-14-16(11-13)21(27)25(20(14)26)18-6-4-3-5-17(18)24/h3-11H,2,12H2,1H3. The normalized spacial score (nSPS) is 12.6. The number of carbonyl (C=O) groups is 4. The fraction of sp³-hybridized carbons (Fsp3) is 0.130. The summed E-state index contributed by atoms with van der Waals surface area (Å²) in [5.74, 6) is -2.34. The molecule has 0 bridgehead atoms. The third-order valence-corrected chi connectivity index (χ3v) is 5.11. The van der Waals surface area contributed by atoms with Crippen LogP contribution >= 0.6 is 11.6 Å². The Bertz CT molecular complexity index is 1250. The molecule has 4 rings (SSSR count). The molecule has 1 aliphatic heterocycles. The van der Waals surface area contributed by atoms with E-state index in [1.54, 1.807) is 31.2 Å². The molecule has 3 aromatic rings. The molecule has 0 fully saturated rings. The van der Waals surface area contributed by atoms with Gasteiger partial charge in [-0.2, -0.15) is 0 Å². The van der Waals surface area contributed by atoms with E-state index < -0.39 is 23.8 Å². The SMILES string of the molecule is CCOC(=O)c1ccoc1COC(=O)c1ccc2c(c1)C(=O)N(c1ccccc1Cl)C2=O. The number of para-hydroxylation sites is 1. The van der Waals surface area contributed by atoms with Crippen molar-refractivity contribution in [3.63, 3.8) is 0 Å². The Kier molecular flexibility index (Phi) is 5.79. The predicted octanol–water partition coefficient (Wildman–Crippen LogP) is 4.27. The van der Waals surface area contributed by atoms with Crippen LogP contribution in [0.4, 0.5) is 5.69 Å². The molecule has 9 heteroatoms. The van der Waals surface area contributed by atoms with Crippen molar-refractivity contribution >= 4 is 41.0 Å². The van der Waals surface area contributed by atoms with Crippen molar-refractivity contribution in [3.05, 3.63) is 87.8 Å². The summed E-state index contributed by atoms with van der Waals surface area (Å²) in [6, 6.07) is 12.0. The minimum absolute atomic E-state index is 0.0644. The van der Waals surface area contributed by atoms with Gasteiger partial charge in [-0.3, -0.25) is 9.59 Å². The number of anilines is 1. The van der Waals surface area contributed by atoms with Crippen molar-refractivity contribution in [3.8, 4) is 0 Å². The Balaban J connectivity index is 1.53. The Hall–Kier alpha value is -3.91. The Morgan fingerprint density at radius 3 is 2.47 bits per heavy atom. The largest absolute Gasteiger partial charge is 0.465 e. The lowest BCUT2D eigenvalue weighted by molar-refractivity contribution is 0.0422. The maximum Gasteiger partial charge on any atom is 0.341 e. The zero-order valence-electron chi connectivity index (χ0n) is 16.8. The summed E-state index contributed by atoms with van der Waals surface area (Å²) in [5, 5.41) is 0.248. The molecule has 32 heavy (non-hydrogen) atoms. The highest BCUT2D eigenvalue weighted by molar-refractivity contribution is 6.39. The summed E-state index contributed by atoms with van der Waals surface area (Å²) in [7, 11) is 0. The maximum absolute atomic E-state index is 12.9. The minimum Gasteiger partial charge on any atom is -0.465 e. The first-order valence-corrected chi connectivity index (χ1v) is 9.98. The van der Waals surface area contributed by atoms with Gasteiger partial charge in [-0.25, -0.2) is 14.5 Å². The molecule has 2 heterocycles. The second-order valence-corrected chi connectivity index (χ2v) is 7.12. The number of furan rings is 1. The van der Waals surface area contributed by atoms with Gasteiger partial charge < -0.3 is 13.9 Å². The van der Waals surface area contributed by atoms with Crippen LogP contribution in [0, 0.1) is 0 Å². The summed E-state index contributed by atoms with van der Waals surface area (Å²) in [6.07, 6.45) is 1.29. The van der Waals surface area contributed by atoms with E-state index in [4.69, 9.17) is 25.5 Å². The van der Waals surface area contributed by atoms with Gasteiger partial charge in [-0.15, -0.1) is 0 Å². The molecule has 2 amide bonds. The van der Waals surface area contributed by atoms with Gasteiger partial charge in [0.05, 0.1) is 40.3 Å². The molecule has 0 spiro atoms. The summed E-state index contributed by atoms with van der Waals surface area (Å²) in [4.78, 5) is 51.0. The molecule has 0 atom stereocenters. The molecule has 1 aliphatic rings. The monoisotopic (exact) mass is 453 g/mol. The maximum atomic E-state index is 12.9. The predicted molar refractivity (Wildman–Crippen MR) is 113 cm³/mol. The first-order valence-electron chi connectivity index (χ1n) is 9.60. The van der Waals surface area contributed by atoms with Crippen LogP contribution in [0.15, 0.2) is 59.2 Å². The quantitative estimate of drug-likeness (QED) is 0.405. The first kappa shape index (κ1) is 21.3. The van der Waals surface area contributed by atoms with E-state index in [0.29, 0.717) is 0 Å². The second kappa shape index (κ2) is 8.68. The fourth-order valence-corrected chi connectivity index (χ4v) is 3.50. The first-order chi connectivity index (χ1) is 15.4. The van der Waals surface area contributed by atoms with E-state index >= 15 is 0 Å². The van der Waals surface area contributed by atoms with Gasteiger partial charge in [-0.1, -0.05) is 23.7 Å². The molecule has 0 N–H and O–H groups in total. The molecule has 0 saturated heterocycles. The lowest BCUT2D eigenvalue weighted by Gasteiger charge is -2.15. The smallest absolute Gasteiger partial charge is 0.341 e. The summed E-state index contributed by atoms with van der Waals surface area (Å²) >= 11 is 6.14. The average Bonchev–Trinajstić information content (AvgIpc) is 3.36. The number of hydrogen-bond donors (Lipinski definition) is 0. The van der Waals surface area contributed by atoms with Crippen LogP contribution in [0.1, 0.15) is 54.1 Å². The van der Waals surface area contributed by atoms with Crippen molar-refractivity contribution in [1.29, 1.82) is 0 Å². The number of hydrogen-bond acceptors (Lipinski definition) is 7. The van der Waals surface area contributed by atoms with Crippen molar-refractivity contribution in [2.24, 2.45) is 0 Å². The van der Waals surface area contributed by atoms with E-state index in [2.05, 4.69) is 0 Å².